The van der Waals surface area contributed by atoms with Crippen molar-refractivity contribution in [3.8, 4) is 22.3 Å². The van der Waals surface area contributed by atoms with Crippen molar-refractivity contribution in [2.24, 2.45) is 5.41 Å². The maximum Gasteiger partial charge on any atom is 0.0452 e. The Labute approximate surface area is 235 Å². The normalized spacial score (nSPS) is 17.6. The van der Waals surface area contributed by atoms with E-state index in [4.69, 9.17) is 0 Å². The minimum atomic E-state index is -0.00637. The maximum absolute atomic E-state index is 2.60. The molecule has 0 radical (unpaired) electrons. The first-order valence-electron chi connectivity index (χ1n) is 14.9. The Hall–Kier alpha value is -3.32. The third-order valence-electron chi connectivity index (χ3n) is 9.54. The highest BCUT2D eigenvalue weighted by molar-refractivity contribution is 5.85. The molecular weight excluding hydrogens is 470 g/mol. The summed E-state index contributed by atoms with van der Waals surface area (Å²) in [6.07, 6.45) is 5.12. The second-order valence-electron chi connectivity index (χ2n) is 13.4. The topological polar surface area (TPSA) is 3.24 Å². The van der Waals surface area contributed by atoms with Gasteiger partial charge in [0, 0.05) is 22.8 Å². The quantitative estimate of drug-likeness (QED) is 0.256. The Morgan fingerprint density at radius 2 is 1.28 bits per heavy atom. The number of hydrogen-bond donors (Lipinski definition) is 0. The second-order valence-corrected chi connectivity index (χ2v) is 13.4. The summed E-state index contributed by atoms with van der Waals surface area (Å²) in [6, 6.07) is 34.5. The summed E-state index contributed by atoms with van der Waals surface area (Å²) >= 11 is 0. The molecule has 0 unspecified atom stereocenters. The summed E-state index contributed by atoms with van der Waals surface area (Å²) in [5, 5.41) is 0. The average Bonchev–Trinajstić information content (AvgIpc) is 3.15. The van der Waals surface area contributed by atoms with E-state index in [0.29, 0.717) is 17.4 Å². The van der Waals surface area contributed by atoms with E-state index < -0.39 is 0 Å². The van der Waals surface area contributed by atoms with Gasteiger partial charge in [-0.25, -0.2) is 0 Å². The molecule has 0 aliphatic heterocycles. The number of rotatable bonds is 5. The van der Waals surface area contributed by atoms with Crippen LogP contribution in [0.3, 0.4) is 0 Å². The molecule has 0 N–H and O–H groups in total. The molecule has 200 valence electrons. The van der Waals surface area contributed by atoms with Gasteiger partial charge < -0.3 is 4.90 Å². The molecule has 39 heavy (non-hydrogen) atoms. The predicted octanol–water partition coefficient (Wildman–Crippen LogP) is 10.9. The van der Waals surface area contributed by atoms with Crippen LogP contribution < -0.4 is 4.90 Å². The fourth-order valence-corrected chi connectivity index (χ4v) is 7.16. The van der Waals surface area contributed by atoms with Gasteiger partial charge in [-0.3, -0.25) is 0 Å². The molecule has 1 saturated carbocycles. The van der Waals surface area contributed by atoms with Crippen molar-refractivity contribution in [2.75, 3.05) is 4.90 Å². The smallest absolute Gasteiger partial charge is 0.0452 e. The van der Waals surface area contributed by atoms with Crippen LogP contribution in [0.4, 0.5) is 11.4 Å². The molecule has 1 heteroatoms. The Bertz CT molecular complexity index is 1460. The van der Waals surface area contributed by atoms with Crippen molar-refractivity contribution in [1.29, 1.82) is 0 Å². The van der Waals surface area contributed by atoms with Crippen molar-refractivity contribution >= 4 is 11.4 Å². The van der Waals surface area contributed by atoms with Crippen LogP contribution in [0.15, 0.2) is 91.0 Å². The Morgan fingerprint density at radius 1 is 0.667 bits per heavy atom. The number of fused-ring (bicyclic) bond motifs is 3. The molecule has 0 spiro atoms. The highest BCUT2D eigenvalue weighted by Crippen LogP contribution is 2.54. The number of benzene rings is 4. The van der Waals surface area contributed by atoms with Crippen molar-refractivity contribution < 1.29 is 0 Å². The van der Waals surface area contributed by atoms with Crippen molar-refractivity contribution in [3.05, 3.63) is 108 Å². The van der Waals surface area contributed by atoms with E-state index in [2.05, 4.69) is 137 Å². The Kier molecular flexibility index (Phi) is 6.45. The average molecular weight is 514 g/mol. The van der Waals surface area contributed by atoms with Crippen LogP contribution in [0.25, 0.3) is 22.3 Å². The molecule has 0 amide bonds. The van der Waals surface area contributed by atoms with Gasteiger partial charge in [-0.05, 0) is 114 Å². The summed E-state index contributed by atoms with van der Waals surface area (Å²) in [4.78, 5) is 2.60. The van der Waals surface area contributed by atoms with E-state index in [1.165, 1.54) is 76.0 Å². The molecule has 0 heterocycles. The van der Waals surface area contributed by atoms with Crippen LogP contribution in [0, 0.1) is 5.41 Å². The number of anilines is 2. The van der Waals surface area contributed by atoms with Crippen LogP contribution >= 0.6 is 0 Å². The summed E-state index contributed by atoms with van der Waals surface area (Å²) < 4.78 is 0. The largest absolute Gasteiger partial charge is 0.339 e. The Balaban J connectivity index is 1.50. The summed E-state index contributed by atoms with van der Waals surface area (Å²) in [7, 11) is 0. The maximum atomic E-state index is 2.60. The number of nitrogens with zero attached hydrogens (tertiary/aromatic N) is 1. The summed E-state index contributed by atoms with van der Waals surface area (Å²) in [5.74, 6) is 0.596. The van der Waals surface area contributed by atoms with Gasteiger partial charge >= 0.3 is 0 Å². The monoisotopic (exact) mass is 513 g/mol. The highest BCUT2D eigenvalue weighted by atomic mass is 15.2. The van der Waals surface area contributed by atoms with Crippen LogP contribution in [0.1, 0.15) is 89.8 Å². The van der Waals surface area contributed by atoms with E-state index in [9.17, 15) is 0 Å². The lowest BCUT2D eigenvalue weighted by atomic mass is 9.70. The van der Waals surface area contributed by atoms with Gasteiger partial charge in [-0.1, -0.05) is 94.4 Å². The first kappa shape index (κ1) is 25.9. The highest BCUT2D eigenvalue weighted by Gasteiger charge is 2.38. The van der Waals surface area contributed by atoms with Crippen LogP contribution in [0.5, 0.6) is 0 Å². The van der Waals surface area contributed by atoms with Crippen molar-refractivity contribution in [3.63, 3.8) is 0 Å². The second kappa shape index (κ2) is 9.70. The molecule has 1 nitrogen and oxygen atoms in total. The van der Waals surface area contributed by atoms with Crippen LogP contribution in [-0.4, -0.2) is 6.04 Å². The van der Waals surface area contributed by atoms with Crippen molar-refractivity contribution in [1.82, 2.24) is 0 Å². The molecule has 4 aromatic carbocycles. The third-order valence-corrected chi connectivity index (χ3v) is 9.54. The first-order chi connectivity index (χ1) is 18.7. The lowest BCUT2D eigenvalue weighted by molar-refractivity contribution is 0.224. The molecular formula is C38H43N. The third kappa shape index (κ3) is 4.61. The van der Waals surface area contributed by atoms with E-state index >= 15 is 0 Å². The van der Waals surface area contributed by atoms with E-state index in [1.54, 1.807) is 0 Å². The first-order valence-corrected chi connectivity index (χ1v) is 14.9. The van der Waals surface area contributed by atoms with Crippen molar-refractivity contribution in [2.45, 2.75) is 84.6 Å². The molecule has 0 bridgehead atoms. The van der Waals surface area contributed by atoms with E-state index in [-0.39, 0.29) is 5.41 Å². The lowest BCUT2D eigenvalue weighted by Crippen LogP contribution is -2.29. The van der Waals surface area contributed by atoms with Gasteiger partial charge in [0.25, 0.3) is 0 Å². The lowest BCUT2D eigenvalue weighted by Gasteiger charge is -2.38. The van der Waals surface area contributed by atoms with E-state index in [1.807, 2.05) is 0 Å². The zero-order valence-electron chi connectivity index (χ0n) is 24.6. The molecule has 0 aromatic heterocycles. The Morgan fingerprint density at radius 3 is 1.95 bits per heavy atom. The molecule has 1 fully saturated rings. The summed E-state index contributed by atoms with van der Waals surface area (Å²) in [6.45, 7) is 14.4. The fourth-order valence-electron chi connectivity index (χ4n) is 7.16. The molecule has 2 aliphatic carbocycles. The summed E-state index contributed by atoms with van der Waals surface area (Å²) in [5.41, 5.74) is 13.0. The molecule has 2 aliphatic rings. The molecule has 4 aromatic rings. The SMILES string of the molecule is CC(C)N(c1ccc(-c2ccccc2)cc1)c1cc2c(cc1C1CCC(C)(C)CC1)-c1ccccc1C2(C)C. The zero-order chi connectivity index (χ0) is 27.4. The van der Waals surface area contributed by atoms with Crippen LogP contribution in [-0.2, 0) is 5.41 Å². The molecule has 0 atom stereocenters. The molecule has 6 rings (SSSR count). The minimum Gasteiger partial charge on any atom is -0.339 e. The molecule has 0 saturated heterocycles. The fraction of sp³-hybridized carbons (Fsp3) is 0.368. The van der Waals surface area contributed by atoms with Crippen LogP contribution in [0.2, 0.25) is 0 Å². The van der Waals surface area contributed by atoms with Gasteiger partial charge in [0.15, 0.2) is 0 Å². The number of hydrogen-bond acceptors (Lipinski definition) is 1. The van der Waals surface area contributed by atoms with E-state index in [0.717, 1.165) is 0 Å². The van der Waals surface area contributed by atoms with Gasteiger partial charge in [0.2, 0.25) is 0 Å². The van der Waals surface area contributed by atoms with Gasteiger partial charge in [-0.15, -0.1) is 0 Å². The standard InChI is InChI=1S/C38H43N/c1-26(2)39(30-18-16-28(17-19-30)27-12-8-7-9-13-27)36-25-35-33(31-14-10-11-15-34(31)38(35,5)6)24-32(36)29-20-22-37(3,4)23-21-29/h7-19,24-26,29H,20-23H2,1-6H3. The zero-order valence-corrected chi connectivity index (χ0v) is 24.6. The van der Waals surface area contributed by atoms with Gasteiger partial charge in [-0.2, -0.15) is 0 Å². The van der Waals surface area contributed by atoms with Gasteiger partial charge in [0.1, 0.15) is 0 Å². The van der Waals surface area contributed by atoms with Gasteiger partial charge in [0.05, 0.1) is 0 Å². The predicted molar refractivity (Wildman–Crippen MR) is 168 cm³/mol. The minimum absolute atomic E-state index is 0.00637.